The minimum absolute atomic E-state index is 0.0391. The second-order valence-electron chi connectivity index (χ2n) is 6.46. The Morgan fingerprint density at radius 1 is 1.42 bits per heavy atom. The lowest BCUT2D eigenvalue weighted by atomic mass is 9.90. The van der Waals surface area contributed by atoms with Crippen molar-refractivity contribution in [3.05, 3.63) is 46.5 Å². The van der Waals surface area contributed by atoms with Crippen LogP contribution in [0.3, 0.4) is 0 Å². The molecule has 6 heteroatoms. The normalized spacial score (nSPS) is 14.8. The second kappa shape index (κ2) is 8.13. The first-order valence-electron chi connectivity index (χ1n) is 8.03. The highest BCUT2D eigenvalue weighted by atomic mass is 32.1. The van der Waals surface area contributed by atoms with Crippen molar-refractivity contribution in [3.63, 3.8) is 0 Å². The van der Waals surface area contributed by atoms with Crippen LogP contribution in [0.1, 0.15) is 31.4 Å². The minimum atomic E-state index is -0.851. The summed E-state index contributed by atoms with van der Waals surface area (Å²) >= 11 is 1.68. The summed E-state index contributed by atoms with van der Waals surface area (Å²) in [5, 5.41) is 14.3. The van der Waals surface area contributed by atoms with E-state index in [9.17, 15) is 10.1 Å². The maximum absolute atomic E-state index is 12.5. The summed E-state index contributed by atoms with van der Waals surface area (Å²) in [4.78, 5) is 14.8. The highest BCUT2D eigenvalue weighted by molar-refractivity contribution is 7.09. The van der Waals surface area contributed by atoms with Gasteiger partial charge in [0.1, 0.15) is 18.6 Å². The Hall–Kier alpha value is -2.10. The minimum Gasteiger partial charge on any atom is -0.463 e. The van der Waals surface area contributed by atoms with Crippen LogP contribution in [-0.4, -0.2) is 18.0 Å². The zero-order valence-electron chi connectivity index (χ0n) is 14.3. The molecule has 128 valence electrons. The number of nitrogens with zero attached hydrogens (tertiary/aromatic N) is 1. The van der Waals surface area contributed by atoms with Gasteiger partial charge in [-0.05, 0) is 36.4 Å². The van der Waals surface area contributed by atoms with E-state index in [0.29, 0.717) is 13.1 Å². The van der Waals surface area contributed by atoms with Crippen molar-refractivity contribution in [2.75, 3.05) is 6.54 Å². The molecule has 5 nitrogen and oxygen atoms in total. The number of amides is 1. The number of hydrogen-bond donors (Lipinski definition) is 2. The third-order valence-electron chi connectivity index (χ3n) is 4.21. The van der Waals surface area contributed by atoms with Crippen molar-refractivity contribution in [2.45, 2.75) is 39.4 Å². The molecule has 2 N–H and O–H groups in total. The molecule has 24 heavy (non-hydrogen) atoms. The molecule has 1 amide bonds. The van der Waals surface area contributed by atoms with Crippen LogP contribution in [0.15, 0.2) is 40.3 Å². The summed E-state index contributed by atoms with van der Waals surface area (Å²) in [7, 11) is 0. The molecule has 0 aliphatic carbocycles. The van der Waals surface area contributed by atoms with E-state index in [0.717, 1.165) is 17.2 Å². The van der Waals surface area contributed by atoms with Gasteiger partial charge in [-0.25, -0.2) is 0 Å². The topological polar surface area (TPSA) is 70.5 Å². The summed E-state index contributed by atoms with van der Waals surface area (Å²) in [6.45, 7) is 7.30. The van der Waals surface area contributed by atoms with Gasteiger partial charge in [0.25, 0.3) is 5.91 Å². The van der Waals surface area contributed by atoms with Gasteiger partial charge in [0.05, 0.1) is 17.2 Å². The van der Waals surface area contributed by atoms with Gasteiger partial charge in [0.15, 0.2) is 12.3 Å². The maximum Gasteiger partial charge on any atom is 0.276 e. The molecule has 0 aliphatic rings. The average Bonchev–Trinajstić information content (AvgIpc) is 3.20. The predicted molar refractivity (Wildman–Crippen MR) is 93.3 cm³/mol. The fourth-order valence-corrected chi connectivity index (χ4v) is 3.15. The maximum atomic E-state index is 12.5. The molecular weight excluding hydrogens is 322 g/mol. The molecule has 2 heterocycles. The number of quaternary nitrogens is 1. The summed E-state index contributed by atoms with van der Waals surface area (Å²) in [5.41, 5.74) is -0.851. The highest BCUT2D eigenvalue weighted by Gasteiger charge is 2.31. The summed E-state index contributed by atoms with van der Waals surface area (Å²) in [5.74, 6) is 0.768. The van der Waals surface area contributed by atoms with Gasteiger partial charge >= 0.3 is 0 Å². The van der Waals surface area contributed by atoms with Crippen LogP contribution in [0.5, 0.6) is 0 Å². The Bertz CT molecular complexity index is 637. The van der Waals surface area contributed by atoms with Crippen LogP contribution in [0.4, 0.5) is 0 Å². The molecule has 0 saturated heterocycles. The van der Waals surface area contributed by atoms with Crippen LogP contribution in [0, 0.1) is 17.2 Å². The van der Waals surface area contributed by atoms with Crippen LogP contribution in [-0.2, 0) is 17.9 Å². The van der Waals surface area contributed by atoms with Crippen molar-refractivity contribution in [1.82, 2.24) is 5.32 Å². The van der Waals surface area contributed by atoms with Gasteiger partial charge in [0.2, 0.25) is 0 Å². The molecule has 0 aromatic carbocycles. The first-order chi connectivity index (χ1) is 11.4. The number of furan rings is 1. The van der Waals surface area contributed by atoms with Gasteiger partial charge in [0, 0.05) is 0 Å². The number of nitriles is 1. The van der Waals surface area contributed by atoms with E-state index in [-0.39, 0.29) is 11.8 Å². The Kier molecular flexibility index (Phi) is 6.18. The van der Waals surface area contributed by atoms with E-state index in [1.165, 1.54) is 4.88 Å². The molecule has 0 aliphatic heterocycles. The Morgan fingerprint density at radius 3 is 2.75 bits per heavy atom. The van der Waals surface area contributed by atoms with Crippen LogP contribution < -0.4 is 10.2 Å². The molecular formula is C18H24N3O2S+. The molecule has 2 rings (SSSR count). The van der Waals surface area contributed by atoms with Crippen LogP contribution in [0.25, 0.3) is 0 Å². The fourth-order valence-electron chi connectivity index (χ4n) is 2.37. The van der Waals surface area contributed by atoms with Gasteiger partial charge in [-0.15, -0.1) is 11.3 Å². The molecule has 2 aromatic heterocycles. The molecule has 0 radical (unpaired) electrons. The first kappa shape index (κ1) is 18.2. The van der Waals surface area contributed by atoms with Crippen molar-refractivity contribution >= 4 is 17.2 Å². The smallest absolute Gasteiger partial charge is 0.276 e. The van der Waals surface area contributed by atoms with E-state index in [1.54, 1.807) is 24.5 Å². The fraction of sp³-hybridized carbons (Fsp3) is 0.444. The SMILES string of the molecule is CC(C)[C@](C)(C#N)NC(=O)C[NH+](Cc1ccco1)Cc1cccs1. The van der Waals surface area contributed by atoms with Crippen molar-refractivity contribution in [1.29, 1.82) is 5.26 Å². The van der Waals surface area contributed by atoms with E-state index < -0.39 is 5.54 Å². The van der Waals surface area contributed by atoms with Crippen molar-refractivity contribution in [2.24, 2.45) is 5.92 Å². The Morgan fingerprint density at radius 2 is 2.21 bits per heavy atom. The molecule has 0 fully saturated rings. The van der Waals surface area contributed by atoms with E-state index in [2.05, 4.69) is 17.5 Å². The molecule has 0 spiro atoms. The van der Waals surface area contributed by atoms with Gasteiger partial charge in [-0.3, -0.25) is 4.79 Å². The van der Waals surface area contributed by atoms with E-state index in [4.69, 9.17) is 4.42 Å². The van der Waals surface area contributed by atoms with E-state index in [1.807, 2.05) is 37.4 Å². The average molecular weight is 346 g/mol. The lowest BCUT2D eigenvalue weighted by Crippen LogP contribution is -3.10. The molecule has 2 aromatic rings. The standard InChI is InChI=1S/C18H23N3O2S/c1-14(2)18(3,13-19)20-17(22)12-21(10-15-6-4-8-23-15)11-16-7-5-9-24-16/h4-9,14H,10-12H2,1-3H3,(H,20,22)/p+1/t18-/m0/s1. The quantitative estimate of drug-likeness (QED) is 0.768. The number of rotatable bonds is 8. The van der Waals surface area contributed by atoms with Crippen LogP contribution in [0.2, 0.25) is 0 Å². The number of thiophene rings is 1. The summed E-state index contributed by atoms with van der Waals surface area (Å²) < 4.78 is 5.42. The third-order valence-corrected chi connectivity index (χ3v) is 5.08. The summed E-state index contributed by atoms with van der Waals surface area (Å²) in [6, 6.07) is 10.1. The summed E-state index contributed by atoms with van der Waals surface area (Å²) in [6.07, 6.45) is 1.64. The second-order valence-corrected chi connectivity index (χ2v) is 7.49. The van der Waals surface area contributed by atoms with Crippen molar-refractivity contribution < 1.29 is 14.1 Å². The zero-order valence-corrected chi connectivity index (χ0v) is 15.2. The Labute approximate surface area is 146 Å². The number of carbonyl (C=O) groups excluding carboxylic acids is 1. The predicted octanol–water partition coefficient (Wildman–Crippen LogP) is 1.98. The molecule has 0 saturated carbocycles. The first-order valence-corrected chi connectivity index (χ1v) is 8.91. The number of nitrogens with one attached hydrogen (secondary N) is 2. The Balaban J connectivity index is 2.04. The van der Waals surface area contributed by atoms with Gasteiger partial charge in [-0.2, -0.15) is 5.26 Å². The number of hydrogen-bond acceptors (Lipinski definition) is 4. The molecule has 0 bridgehead atoms. The van der Waals surface area contributed by atoms with E-state index >= 15 is 0 Å². The van der Waals surface area contributed by atoms with Gasteiger partial charge < -0.3 is 14.6 Å². The monoisotopic (exact) mass is 346 g/mol. The van der Waals surface area contributed by atoms with Crippen LogP contribution >= 0.6 is 11.3 Å². The molecule has 1 unspecified atom stereocenters. The molecule has 2 atom stereocenters. The lowest BCUT2D eigenvalue weighted by molar-refractivity contribution is -0.920. The lowest BCUT2D eigenvalue weighted by Gasteiger charge is -2.28. The van der Waals surface area contributed by atoms with Gasteiger partial charge in [-0.1, -0.05) is 19.9 Å². The zero-order chi connectivity index (χ0) is 17.6. The third kappa shape index (κ3) is 4.95. The highest BCUT2D eigenvalue weighted by Crippen LogP contribution is 2.14. The van der Waals surface area contributed by atoms with Crippen molar-refractivity contribution in [3.8, 4) is 6.07 Å². The number of carbonyl (C=O) groups is 1. The largest absolute Gasteiger partial charge is 0.463 e.